The second kappa shape index (κ2) is 40.9. The molecule has 0 aliphatic carbocycles. The Balaban J connectivity index is 0.000000134. The number of aromatic nitrogens is 12. The van der Waals surface area contributed by atoms with Crippen LogP contribution in [0.2, 0.25) is 20.6 Å². The third-order valence-electron chi connectivity index (χ3n) is 25.0. The third kappa shape index (κ3) is 20.0. The molecule has 0 radical (unpaired) electrons. The first kappa shape index (κ1) is 101. The van der Waals surface area contributed by atoms with E-state index in [-0.39, 0.29) is 109 Å². The first-order chi connectivity index (χ1) is 69.5. The number of methoxy groups -OCH3 is 1. The highest BCUT2D eigenvalue weighted by Crippen LogP contribution is 2.44. The Morgan fingerprint density at radius 3 is 1.03 bits per heavy atom. The predicted octanol–water partition coefficient (Wildman–Crippen LogP) is 24.8. The normalized spacial score (nSPS) is 11.5. The Kier molecular flexibility index (Phi) is 28.4. The van der Waals surface area contributed by atoms with E-state index in [2.05, 4.69) is 39.9 Å². The molecule has 0 atom stereocenters. The number of pyridine rings is 8. The van der Waals surface area contributed by atoms with Crippen LogP contribution in [0.15, 0.2) is 232 Å². The number of Topliss-reactive ketones (excluding diaryl/α,β-unsaturated/α-hetero) is 3. The summed E-state index contributed by atoms with van der Waals surface area (Å²) in [6.07, 6.45) is 5.98. The second-order valence-electron chi connectivity index (χ2n) is 36.1. The van der Waals surface area contributed by atoms with Crippen LogP contribution in [0.1, 0.15) is 134 Å². The number of aryl methyl sites for hydroxylation is 5. The molecule has 8 aromatic carbocycles. The molecule has 4 N–H and O–H groups in total. The van der Waals surface area contributed by atoms with Crippen LogP contribution in [0.5, 0.6) is 5.75 Å². The van der Waals surface area contributed by atoms with Gasteiger partial charge in [0.05, 0.1) is 99.9 Å². The zero-order valence-corrected chi connectivity index (χ0v) is 82.9. The number of ether oxygens (including phenoxy) is 3. The van der Waals surface area contributed by atoms with E-state index in [1.54, 1.807) is 166 Å². The van der Waals surface area contributed by atoms with Crippen LogP contribution >= 0.6 is 46.4 Å². The number of ketones is 3. The first-order valence-electron chi connectivity index (χ1n) is 45.3. The van der Waals surface area contributed by atoms with Crippen LogP contribution < -0.4 is 27.0 Å². The van der Waals surface area contributed by atoms with Crippen molar-refractivity contribution in [3.8, 4) is 50.3 Å². The molecule has 0 aliphatic heterocycles. The van der Waals surface area contributed by atoms with Crippen LogP contribution in [0, 0.1) is 80.8 Å². The number of halogens is 11. The fourth-order valence-electron chi connectivity index (χ4n) is 17.9. The number of benzene rings is 8. The highest BCUT2D eigenvalue weighted by molar-refractivity contribution is 6.32. The average molecular weight is 2050 g/mol. The number of rotatable bonds is 19. The number of fused-ring (bicyclic) bond motifs is 8. The fraction of sp³-hybridized carbons (Fsp3) is 0.162. The maximum Gasteiger partial charge on any atom is 0.358 e. The van der Waals surface area contributed by atoms with Gasteiger partial charge in [0.1, 0.15) is 61.1 Å². The molecular weight excluding hydrogens is 1970 g/mol. The molecule has 0 unspecified atom stereocenters. The summed E-state index contributed by atoms with van der Waals surface area (Å²) in [6, 6.07) is 49.3. The minimum Gasteiger partial charge on any atom is -0.497 e. The topological polar surface area (TPSA) is 316 Å². The second-order valence-corrected chi connectivity index (χ2v) is 37.5. The zero-order chi connectivity index (χ0) is 104. The van der Waals surface area contributed by atoms with Crippen LogP contribution in [0.25, 0.3) is 132 Å². The van der Waals surface area contributed by atoms with E-state index in [0.717, 1.165) is 34.0 Å². The van der Waals surface area contributed by atoms with Crippen LogP contribution in [-0.2, 0) is 40.4 Å². The van der Waals surface area contributed by atoms with Crippen molar-refractivity contribution in [3.05, 3.63) is 388 Å². The number of carbonyl (C=O) groups is 5. The van der Waals surface area contributed by atoms with Crippen LogP contribution in [-0.4, -0.2) is 101 Å². The van der Waals surface area contributed by atoms with Gasteiger partial charge in [-0.3, -0.25) is 38.4 Å². The van der Waals surface area contributed by atoms with Gasteiger partial charge >= 0.3 is 11.9 Å². The van der Waals surface area contributed by atoms with Crippen molar-refractivity contribution in [3.63, 3.8) is 0 Å². The molecule has 0 aliphatic rings. The standard InChI is InChI=1S/C32H29ClFN3O6.C27H21ClFN3O2.C26H17ClF3N3O2.C26H18ClF2N3O2/c1-17-11-22-25(14-23(17)34)37(15-19-12-18-8-9-20(41-5)13-24(18)36-28(19)33)27(26(22)21-7-6-10-35-29(21)38)30(39)42-16-43-31(40)32(2,3)4;1-14-6-7-17-11-18(26(28)31-22(17)9-14)13-32-23-12-21(29)15(2)10-20(23)24(25(32)16(3)33)19-5-4-8-30-27(19)34;1-12-6-17-22(10-18(12)28)33(24(13(2)34)23(17)16-4-3-5-31-26(16)35)11-15-7-14-8-19(29)20(30)9-21(14)32-25(15)27;1-13-8-19-22(11-20(13)29)32(24(14(2)33)23(19)18-4-3-7-30-26(18)34)12-16-9-15-10-17(28)5-6-21(15)31-25(16)27/h6-14H,15-16H2,1-5H3,(H,35,38);4-12H,13H2,1-3H3,(H,30,34);3-10H,11H2,1-2H3,(H,31,35);3-11H,12H2,1-2H3,(H,30,34). The summed E-state index contributed by atoms with van der Waals surface area (Å²) < 4.78 is 123. The Morgan fingerprint density at radius 2 is 0.671 bits per heavy atom. The van der Waals surface area contributed by atoms with Gasteiger partial charge in [0.15, 0.2) is 29.0 Å². The molecule has 20 rings (SSSR count). The number of hydrogen-bond acceptors (Lipinski definition) is 16. The molecule has 12 heterocycles. The number of carbonyl (C=O) groups excluding carboxylic acids is 5. The largest absolute Gasteiger partial charge is 0.497 e. The minimum atomic E-state index is -1.05. The molecule has 24 nitrogen and oxygen atoms in total. The smallest absolute Gasteiger partial charge is 0.358 e. The Morgan fingerprint density at radius 1 is 0.349 bits per heavy atom. The van der Waals surface area contributed by atoms with Gasteiger partial charge in [-0.05, 0) is 247 Å². The first-order valence-corrected chi connectivity index (χ1v) is 46.8. The summed E-state index contributed by atoms with van der Waals surface area (Å²) in [5, 5.41) is 5.35. The molecule has 0 spiro atoms. The zero-order valence-electron chi connectivity index (χ0n) is 79.9. The molecule has 146 heavy (non-hydrogen) atoms. The molecule has 35 heteroatoms. The van der Waals surface area contributed by atoms with Crippen LogP contribution in [0.4, 0.5) is 30.7 Å². The van der Waals surface area contributed by atoms with Gasteiger partial charge in [-0.2, -0.15) is 0 Å². The van der Waals surface area contributed by atoms with E-state index in [9.17, 15) is 69.5 Å². The molecule has 0 amide bonds. The molecule has 738 valence electrons. The Hall–Kier alpha value is -16.2. The molecule has 0 bridgehead atoms. The summed E-state index contributed by atoms with van der Waals surface area (Å²) in [6.45, 7) is 17.2. The Labute approximate surface area is 845 Å². The average Bonchev–Trinajstić information content (AvgIpc) is 1.58. The summed E-state index contributed by atoms with van der Waals surface area (Å²) in [5.41, 5.74) is 9.29. The van der Waals surface area contributed by atoms with E-state index in [1.807, 2.05) is 43.3 Å². The predicted molar refractivity (Wildman–Crippen MR) is 551 cm³/mol. The van der Waals surface area contributed by atoms with E-state index >= 15 is 4.39 Å². The van der Waals surface area contributed by atoms with Gasteiger partial charge in [-0.15, -0.1) is 0 Å². The van der Waals surface area contributed by atoms with E-state index in [0.29, 0.717) is 154 Å². The lowest BCUT2D eigenvalue weighted by Crippen LogP contribution is -2.25. The lowest BCUT2D eigenvalue weighted by Gasteiger charge is -2.17. The van der Waals surface area contributed by atoms with Crippen molar-refractivity contribution in [2.75, 3.05) is 13.9 Å². The van der Waals surface area contributed by atoms with Crippen molar-refractivity contribution in [2.24, 2.45) is 5.41 Å². The highest BCUT2D eigenvalue weighted by Gasteiger charge is 2.34. The maximum atomic E-state index is 15.0. The van der Waals surface area contributed by atoms with Crippen molar-refractivity contribution in [1.29, 1.82) is 0 Å². The summed E-state index contributed by atoms with van der Waals surface area (Å²) in [7, 11) is 1.55. The molecule has 0 saturated carbocycles. The van der Waals surface area contributed by atoms with Crippen molar-refractivity contribution in [2.45, 2.75) is 102 Å². The lowest BCUT2D eigenvalue weighted by molar-refractivity contribution is -0.161. The van der Waals surface area contributed by atoms with Crippen molar-refractivity contribution in [1.82, 2.24) is 58.1 Å². The molecule has 0 saturated heterocycles. The number of nitrogens with zero attached hydrogens (tertiary/aromatic N) is 8. The van der Waals surface area contributed by atoms with Gasteiger partial charge in [-0.25, -0.2) is 55.5 Å². The fourth-order valence-corrected chi connectivity index (χ4v) is 18.8. The van der Waals surface area contributed by atoms with Crippen molar-refractivity contribution >= 4 is 163 Å². The van der Waals surface area contributed by atoms with Gasteiger partial charge in [0.2, 0.25) is 6.79 Å². The number of esters is 2. The number of H-pyrrole nitrogens is 4. The molecular formula is C111H85Cl4F7N12O12. The van der Waals surface area contributed by atoms with Gasteiger partial charge < -0.3 is 52.4 Å². The Bertz CT molecular complexity index is 9150. The van der Waals surface area contributed by atoms with E-state index in [1.165, 1.54) is 92.6 Å². The number of aromatic amines is 4. The van der Waals surface area contributed by atoms with Gasteiger partial charge in [0, 0.05) is 168 Å². The SMILES string of the molecule is CC(=O)c1c(-c2ccc[nH]c2=O)c2cc(C)c(F)cc2n1Cc1cc2cc(F)c(F)cc2nc1Cl.CC(=O)c1c(-c2ccc[nH]c2=O)c2cc(C)c(F)cc2n1Cc1cc2cc(F)ccc2nc1Cl.CC(=O)c1c(-c2ccc[nH]c2=O)c2cc(C)c(F)cc2n1Cc1cc2ccc(C)cc2nc1Cl.COc1ccc2cc(Cn3c(C(=O)OCOC(=O)C(C)(C)C)c(-c4ccc[nH]c4=O)c4cc(C)c(F)cc43)c(Cl)nc2c1. The third-order valence-corrected chi connectivity index (χ3v) is 26.3. The monoisotopic (exact) mass is 2050 g/mol. The quantitative estimate of drug-likeness (QED) is 0.0192. The maximum absolute atomic E-state index is 15.0. The lowest BCUT2D eigenvalue weighted by atomic mass is 9.98. The molecule has 20 aromatic rings. The van der Waals surface area contributed by atoms with Gasteiger partial charge in [0.25, 0.3) is 22.2 Å². The van der Waals surface area contributed by atoms with Gasteiger partial charge in [-0.1, -0.05) is 58.5 Å². The number of hydrogen-bond donors (Lipinski definition) is 4. The summed E-state index contributed by atoms with van der Waals surface area (Å²) >= 11 is 26.0. The number of nitrogens with one attached hydrogen (secondary N) is 4. The van der Waals surface area contributed by atoms with E-state index < -0.39 is 76.0 Å². The minimum absolute atomic E-state index is 0.0200. The summed E-state index contributed by atoms with van der Waals surface area (Å²) in [4.78, 5) is 144. The van der Waals surface area contributed by atoms with E-state index in [4.69, 9.17) is 60.6 Å². The molecule has 0 fully saturated rings. The molecule has 12 aromatic heterocycles. The van der Waals surface area contributed by atoms with Crippen molar-refractivity contribution < 1.29 is 68.9 Å². The summed E-state index contributed by atoms with van der Waals surface area (Å²) in [5.74, 6) is -6.07. The van der Waals surface area contributed by atoms with Crippen LogP contribution in [0.3, 0.4) is 0 Å². The highest BCUT2D eigenvalue weighted by atomic mass is 35.5.